The van der Waals surface area contributed by atoms with Gasteiger partial charge in [0.05, 0.1) is 5.70 Å². The summed E-state index contributed by atoms with van der Waals surface area (Å²) in [7, 11) is 3.64. The van der Waals surface area contributed by atoms with Crippen molar-refractivity contribution in [3.63, 3.8) is 0 Å². The highest BCUT2D eigenvalue weighted by molar-refractivity contribution is 5.97. The molecule has 0 bridgehead atoms. The first-order chi connectivity index (χ1) is 23.6. The minimum atomic E-state index is 0.0374. The maximum atomic E-state index is 12.8. The number of nitrogens with zero attached hydrogens (tertiary/aromatic N) is 2. The molecular formula is C41H83N5O2. The van der Waals surface area contributed by atoms with E-state index in [9.17, 15) is 4.79 Å². The van der Waals surface area contributed by atoms with Crippen molar-refractivity contribution in [2.24, 2.45) is 10.7 Å². The second kappa shape index (κ2) is 36.5. The summed E-state index contributed by atoms with van der Waals surface area (Å²) in [4.78, 5) is 19.7. The first-order valence-corrected chi connectivity index (χ1v) is 20.8. The fourth-order valence-corrected chi connectivity index (χ4v) is 6.51. The van der Waals surface area contributed by atoms with Gasteiger partial charge in [0.1, 0.15) is 11.9 Å². The number of hydrogen-bond donors (Lipinski definition) is 3. The van der Waals surface area contributed by atoms with E-state index in [1.165, 1.54) is 141 Å². The number of amidine groups is 1. The molecule has 284 valence electrons. The van der Waals surface area contributed by atoms with Crippen molar-refractivity contribution in [2.45, 2.75) is 200 Å². The van der Waals surface area contributed by atoms with Crippen LogP contribution in [-0.4, -0.2) is 63.1 Å². The smallest absolute Gasteiger partial charge is 0.306 e. The standard InChI is InChI=1S/C41H83N5O2/c1-6-9-12-15-19-24-30-38(31-25-20-16-13-10-7-2)48-40(47)32-26-21-18-23-28-35-46(34-27-22-17-14-11-8-3)36-29-33-45-39(37-42)41(43-4)44-5/h37-38,45H,6-36,42H2,1-5H3,(H,43,44)/b39-37+. The number of aliphatic imine (C=N–C) groups is 1. The van der Waals surface area contributed by atoms with E-state index >= 15 is 0 Å². The summed E-state index contributed by atoms with van der Waals surface area (Å²) >= 11 is 0. The molecule has 0 aromatic rings. The highest BCUT2D eigenvalue weighted by Gasteiger charge is 2.14. The molecule has 0 unspecified atom stereocenters. The molecule has 0 amide bonds. The third-order valence-electron chi connectivity index (χ3n) is 9.59. The Hall–Kier alpha value is -1.76. The normalized spacial score (nSPS) is 12.3. The molecule has 0 aliphatic heterocycles. The van der Waals surface area contributed by atoms with Gasteiger partial charge in [-0.15, -0.1) is 0 Å². The number of hydrogen-bond acceptors (Lipinski definition) is 6. The predicted molar refractivity (Wildman–Crippen MR) is 211 cm³/mol. The summed E-state index contributed by atoms with van der Waals surface area (Å²) in [6.45, 7) is 11.1. The predicted octanol–water partition coefficient (Wildman–Crippen LogP) is 10.4. The summed E-state index contributed by atoms with van der Waals surface area (Å²) in [6.07, 6.45) is 34.8. The first-order valence-electron chi connectivity index (χ1n) is 20.8. The molecule has 7 nitrogen and oxygen atoms in total. The Labute approximate surface area is 299 Å². The topological polar surface area (TPSA) is 92.0 Å². The van der Waals surface area contributed by atoms with Crippen LogP contribution >= 0.6 is 0 Å². The van der Waals surface area contributed by atoms with Crippen LogP contribution in [0.15, 0.2) is 16.9 Å². The number of esters is 1. The number of nitrogens with two attached hydrogens (primary N) is 1. The molecule has 0 saturated heterocycles. The summed E-state index contributed by atoms with van der Waals surface area (Å²) in [5.41, 5.74) is 6.68. The maximum absolute atomic E-state index is 12.8. The van der Waals surface area contributed by atoms with Gasteiger partial charge in [0.15, 0.2) is 0 Å². The van der Waals surface area contributed by atoms with E-state index in [0.29, 0.717) is 6.42 Å². The molecule has 0 spiro atoms. The van der Waals surface area contributed by atoms with Crippen LogP contribution in [0, 0.1) is 0 Å². The summed E-state index contributed by atoms with van der Waals surface area (Å²) in [5, 5.41) is 6.54. The van der Waals surface area contributed by atoms with Crippen molar-refractivity contribution in [1.82, 2.24) is 15.5 Å². The molecule has 0 atom stereocenters. The van der Waals surface area contributed by atoms with Crippen LogP contribution in [0.4, 0.5) is 0 Å². The first kappa shape index (κ1) is 46.2. The molecule has 0 saturated carbocycles. The van der Waals surface area contributed by atoms with Gasteiger partial charge in [0, 0.05) is 33.3 Å². The van der Waals surface area contributed by atoms with E-state index in [-0.39, 0.29) is 12.1 Å². The minimum Gasteiger partial charge on any atom is -0.462 e. The zero-order valence-corrected chi connectivity index (χ0v) is 32.9. The van der Waals surface area contributed by atoms with Crippen LogP contribution in [0.2, 0.25) is 0 Å². The van der Waals surface area contributed by atoms with Crippen LogP contribution in [0.3, 0.4) is 0 Å². The molecule has 7 heteroatoms. The number of rotatable bonds is 36. The van der Waals surface area contributed by atoms with E-state index in [4.69, 9.17) is 10.5 Å². The number of nitrogens with one attached hydrogen (secondary N) is 2. The van der Waals surface area contributed by atoms with Crippen LogP contribution in [0.1, 0.15) is 194 Å². The molecule has 0 aromatic heterocycles. The van der Waals surface area contributed by atoms with Crippen molar-refractivity contribution in [2.75, 3.05) is 40.3 Å². The lowest BCUT2D eigenvalue weighted by atomic mass is 10.0. The van der Waals surface area contributed by atoms with E-state index in [1.54, 1.807) is 13.2 Å². The maximum Gasteiger partial charge on any atom is 0.306 e. The van der Waals surface area contributed by atoms with Gasteiger partial charge in [0.25, 0.3) is 0 Å². The third-order valence-corrected chi connectivity index (χ3v) is 9.59. The molecular weight excluding hydrogens is 594 g/mol. The van der Waals surface area contributed by atoms with Gasteiger partial charge in [-0.05, 0) is 71.0 Å². The molecule has 4 N–H and O–H groups in total. The summed E-state index contributed by atoms with van der Waals surface area (Å²) < 4.78 is 6.06. The van der Waals surface area contributed by atoms with Crippen LogP contribution < -0.4 is 16.4 Å². The van der Waals surface area contributed by atoms with Gasteiger partial charge in [-0.25, -0.2) is 0 Å². The van der Waals surface area contributed by atoms with Gasteiger partial charge in [0.2, 0.25) is 0 Å². The monoisotopic (exact) mass is 678 g/mol. The molecule has 0 aromatic carbocycles. The van der Waals surface area contributed by atoms with E-state index in [0.717, 1.165) is 63.3 Å². The fraction of sp³-hybridized carbons (Fsp3) is 0.902. The van der Waals surface area contributed by atoms with Gasteiger partial charge in [-0.2, -0.15) is 0 Å². The summed E-state index contributed by atoms with van der Waals surface area (Å²) in [5.74, 6) is 0.825. The van der Waals surface area contributed by atoms with Gasteiger partial charge in [-0.1, -0.05) is 136 Å². The molecule has 0 fully saturated rings. The number of ether oxygens (including phenoxy) is 1. The Kier molecular flexibility index (Phi) is 35.2. The quantitative estimate of drug-likeness (QED) is 0.0265. The molecule has 0 aliphatic carbocycles. The van der Waals surface area contributed by atoms with Crippen molar-refractivity contribution >= 4 is 11.8 Å². The lowest BCUT2D eigenvalue weighted by molar-refractivity contribution is -0.150. The van der Waals surface area contributed by atoms with E-state index in [1.807, 2.05) is 7.05 Å². The Morgan fingerprint density at radius 3 is 1.56 bits per heavy atom. The number of unbranched alkanes of at least 4 members (excludes halogenated alkanes) is 19. The Bertz CT molecular complexity index is 741. The number of likely N-dealkylation sites (N-methyl/N-ethyl adjacent to an activating group) is 1. The van der Waals surface area contributed by atoms with Crippen LogP contribution in [-0.2, 0) is 9.53 Å². The average Bonchev–Trinajstić information content (AvgIpc) is 3.09. The Morgan fingerprint density at radius 1 is 0.667 bits per heavy atom. The zero-order chi connectivity index (χ0) is 35.3. The number of carbonyl (C=O) groups is 1. The second-order valence-electron chi connectivity index (χ2n) is 14.0. The largest absolute Gasteiger partial charge is 0.462 e. The van der Waals surface area contributed by atoms with Gasteiger partial charge >= 0.3 is 5.97 Å². The Morgan fingerprint density at radius 2 is 1.10 bits per heavy atom. The molecule has 48 heavy (non-hydrogen) atoms. The zero-order valence-electron chi connectivity index (χ0n) is 32.9. The van der Waals surface area contributed by atoms with Gasteiger partial charge < -0.3 is 26.0 Å². The average molecular weight is 678 g/mol. The fourth-order valence-electron chi connectivity index (χ4n) is 6.51. The summed E-state index contributed by atoms with van der Waals surface area (Å²) in [6, 6.07) is 0. The van der Waals surface area contributed by atoms with Crippen molar-refractivity contribution < 1.29 is 9.53 Å². The molecule has 0 rings (SSSR count). The van der Waals surface area contributed by atoms with Crippen molar-refractivity contribution in [1.29, 1.82) is 0 Å². The molecule has 0 heterocycles. The second-order valence-corrected chi connectivity index (χ2v) is 14.0. The SMILES string of the molecule is CCCCCCCCC(CCCCCCCC)OC(=O)CCCCCCCN(CCCCCCCC)CCCN/C(=C/N)C(=NC)NC. The van der Waals surface area contributed by atoms with Crippen molar-refractivity contribution in [3.8, 4) is 0 Å². The minimum absolute atomic E-state index is 0.0374. The van der Waals surface area contributed by atoms with E-state index < -0.39 is 0 Å². The lowest BCUT2D eigenvalue weighted by Crippen LogP contribution is -2.33. The van der Waals surface area contributed by atoms with Crippen LogP contribution in [0.5, 0.6) is 0 Å². The van der Waals surface area contributed by atoms with E-state index in [2.05, 4.69) is 41.3 Å². The van der Waals surface area contributed by atoms with Crippen molar-refractivity contribution in [3.05, 3.63) is 11.9 Å². The Balaban J connectivity index is 4.45. The van der Waals surface area contributed by atoms with Crippen LogP contribution in [0.25, 0.3) is 0 Å². The third kappa shape index (κ3) is 29.2. The highest BCUT2D eigenvalue weighted by Crippen LogP contribution is 2.18. The highest BCUT2D eigenvalue weighted by atomic mass is 16.5. The molecule has 0 aliphatic rings. The molecule has 0 radical (unpaired) electrons. The lowest BCUT2D eigenvalue weighted by Gasteiger charge is -2.23. The van der Waals surface area contributed by atoms with Gasteiger partial charge in [-0.3, -0.25) is 9.79 Å². The number of carbonyl (C=O) groups excluding carboxylic acids is 1.